The summed E-state index contributed by atoms with van der Waals surface area (Å²) < 4.78 is 0. The molecule has 0 saturated carbocycles. The van der Waals surface area contributed by atoms with Gasteiger partial charge in [-0.15, -0.1) is 0 Å². The normalized spacial score (nSPS) is 15.1. The number of allylic oxidation sites excluding steroid dienone is 8. The van der Waals surface area contributed by atoms with E-state index in [0.717, 1.165) is 6.42 Å². The molecule has 1 unspecified atom stereocenters. The van der Waals surface area contributed by atoms with Crippen LogP contribution in [0.5, 0.6) is 0 Å². The number of rotatable bonds is 5. The molecule has 0 radical (unpaired) electrons. The van der Waals surface area contributed by atoms with Gasteiger partial charge >= 0.3 is 0 Å². The van der Waals surface area contributed by atoms with Gasteiger partial charge in [-0.25, -0.2) is 0 Å². The van der Waals surface area contributed by atoms with Crippen LogP contribution in [0, 0.1) is 19.8 Å². The lowest BCUT2D eigenvalue weighted by Crippen LogP contribution is -1.97. The van der Waals surface area contributed by atoms with Crippen molar-refractivity contribution in [3.8, 4) is 22.3 Å². The van der Waals surface area contributed by atoms with Gasteiger partial charge in [-0.3, -0.25) is 0 Å². The molecule has 224 valence electrons. The summed E-state index contributed by atoms with van der Waals surface area (Å²) in [4.78, 5) is 0. The first-order chi connectivity index (χ1) is 21.5. The second kappa shape index (κ2) is 15.3. The maximum absolute atomic E-state index is 2.36. The highest BCUT2D eigenvalue weighted by Gasteiger charge is 2.10. The molecule has 0 bridgehead atoms. The largest absolute Gasteiger partial charge is 0.0773 e. The average molecular weight is 577 g/mol. The highest BCUT2D eigenvalue weighted by molar-refractivity contribution is 6.09. The van der Waals surface area contributed by atoms with E-state index in [0.29, 0.717) is 5.92 Å². The first-order valence-corrected chi connectivity index (χ1v) is 16.4. The summed E-state index contributed by atoms with van der Waals surface area (Å²) in [7, 11) is 0. The molecule has 5 aromatic rings. The number of hydrogen-bond acceptors (Lipinski definition) is 0. The molecule has 0 heteroatoms. The molecule has 0 aromatic heterocycles. The molecule has 44 heavy (non-hydrogen) atoms. The van der Waals surface area contributed by atoms with Crippen molar-refractivity contribution >= 4 is 27.1 Å². The summed E-state index contributed by atoms with van der Waals surface area (Å²) in [6.45, 7) is 16.8. The van der Waals surface area contributed by atoms with Gasteiger partial charge in [0.1, 0.15) is 0 Å². The third-order valence-electron chi connectivity index (χ3n) is 8.30. The van der Waals surface area contributed by atoms with Crippen LogP contribution in [0.2, 0.25) is 0 Å². The summed E-state index contributed by atoms with van der Waals surface area (Å²) >= 11 is 0. The molecule has 1 atom stereocenters. The molecule has 0 aliphatic heterocycles. The number of benzene rings is 5. The molecule has 5 aromatic carbocycles. The molecule has 6 rings (SSSR count). The van der Waals surface area contributed by atoms with E-state index < -0.39 is 0 Å². The second-order valence-electron chi connectivity index (χ2n) is 11.1. The zero-order chi connectivity index (χ0) is 31.6. The molecule has 1 aliphatic rings. The molecule has 1 aliphatic carbocycles. The molecule has 0 fully saturated rings. The van der Waals surface area contributed by atoms with Crippen molar-refractivity contribution in [3.05, 3.63) is 150 Å². The van der Waals surface area contributed by atoms with Crippen LogP contribution in [0.3, 0.4) is 0 Å². The minimum absolute atomic E-state index is 0.437. The van der Waals surface area contributed by atoms with Crippen LogP contribution in [0.25, 0.3) is 49.4 Å². The van der Waals surface area contributed by atoms with Crippen molar-refractivity contribution < 1.29 is 0 Å². The quantitative estimate of drug-likeness (QED) is 0.183. The molecule has 0 N–H and O–H groups in total. The predicted molar refractivity (Wildman–Crippen MR) is 198 cm³/mol. The topological polar surface area (TPSA) is 0 Å². The van der Waals surface area contributed by atoms with Crippen LogP contribution in [0.4, 0.5) is 0 Å². The highest BCUT2D eigenvalue weighted by atomic mass is 14.1. The van der Waals surface area contributed by atoms with E-state index in [9.17, 15) is 0 Å². The van der Waals surface area contributed by atoms with Crippen molar-refractivity contribution in [2.75, 3.05) is 0 Å². The van der Waals surface area contributed by atoms with Gasteiger partial charge in [-0.1, -0.05) is 157 Å². The minimum atomic E-state index is 0.437. The zero-order valence-corrected chi connectivity index (χ0v) is 27.9. The lowest BCUT2D eigenvalue weighted by molar-refractivity contribution is 0.884. The minimum Gasteiger partial charge on any atom is -0.0773 e. The summed E-state index contributed by atoms with van der Waals surface area (Å²) in [6.07, 6.45) is 14.5. The molecular formula is C44H48. The van der Waals surface area contributed by atoms with Gasteiger partial charge in [0.2, 0.25) is 0 Å². The molecular weight excluding hydrogens is 528 g/mol. The number of fused-ring (bicyclic) bond motifs is 3. The van der Waals surface area contributed by atoms with E-state index in [4.69, 9.17) is 0 Å². The van der Waals surface area contributed by atoms with Crippen molar-refractivity contribution in [2.24, 2.45) is 5.92 Å². The van der Waals surface area contributed by atoms with Gasteiger partial charge in [0.05, 0.1) is 0 Å². The Hall–Kier alpha value is -4.42. The zero-order valence-electron chi connectivity index (χ0n) is 27.9. The molecule has 0 amide bonds. The van der Waals surface area contributed by atoms with Crippen molar-refractivity contribution in [1.29, 1.82) is 0 Å². The fraction of sp³-hybridized carbons (Fsp3) is 0.227. The summed E-state index contributed by atoms with van der Waals surface area (Å²) in [5.74, 6) is 0.437. The average Bonchev–Trinajstić information content (AvgIpc) is 3.08. The van der Waals surface area contributed by atoms with E-state index >= 15 is 0 Å². The SMILES string of the molecule is CC.CC.CC/C=C(\C=C1\C=CC=CC1C)c1ccc2c(ccc3cc(-c4ccc(-c5ccc(C)c(C)c5)cc4)ccc32)c1. The predicted octanol–water partition coefficient (Wildman–Crippen LogP) is 13.5. The second-order valence-corrected chi connectivity index (χ2v) is 11.1. The Bertz CT molecular complexity index is 1840. The molecule has 0 heterocycles. The fourth-order valence-corrected chi connectivity index (χ4v) is 5.71. The van der Waals surface area contributed by atoms with Crippen LogP contribution in [-0.2, 0) is 0 Å². The highest BCUT2D eigenvalue weighted by Crippen LogP contribution is 2.33. The van der Waals surface area contributed by atoms with Crippen molar-refractivity contribution in [2.45, 2.75) is 61.8 Å². The van der Waals surface area contributed by atoms with Gasteiger partial charge in [-0.2, -0.15) is 0 Å². The van der Waals surface area contributed by atoms with Gasteiger partial charge in [0.25, 0.3) is 0 Å². The van der Waals surface area contributed by atoms with E-state index in [2.05, 4.69) is 155 Å². The van der Waals surface area contributed by atoms with E-state index in [1.54, 1.807) is 0 Å². The molecule has 0 spiro atoms. The Balaban J connectivity index is 0.00000106. The van der Waals surface area contributed by atoms with Crippen LogP contribution >= 0.6 is 0 Å². The monoisotopic (exact) mass is 576 g/mol. The van der Waals surface area contributed by atoms with Gasteiger partial charge in [0.15, 0.2) is 0 Å². The van der Waals surface area contributed by atoms with Crippen LogP contribution in [0.1, 0.15) is 64.7 Å². The van der Waals surface area contributed by atoms with Gasteiger partial charge in [-0.05, 0) is 110 Å². The van der Waals surface area contributed by atoms with Crippen LogP contribution < -0.4 is 0 Å². The van der Waals surface area contributed by atoms with E-state index in [1.165, 1.54) is 71.6 Å². The Morgan fingerprint density at radius 2 is 1.18 bits per heavy atom. The third kappa shape index (κ3) is 7.20. The smallest absolute Gasteiger partial charge is 0.000710 e. The third-order valence-corrected chi connectivity index (χ3v) is 8.30. The number of aryl methyl sites for hydroxylation is 2. The Labute approximate surface area is 266 Å². The standard InChI is InChI=1S/C40H36.2C2H6/c1-5-8-33(24-32-10-7-6-9-28(32)3)36-20-22-40-38(26-36)18-17-37-25-35(19-21-39(37)40)31-15-13-30(14-16-31)34-12-11-27(2)29(4)23-34;2*1-2/h6-26,28H,5H2,1-4H3;2*1-2H3/b32-24-,33-8+;;. The summed E-state index contributed by atoms with van der Waals surface area (Å²) in [5, 5.41) is 5.15. The van der Waals surface area contributed by atoms with Crippen molar-refractivity contribution in [3.63, 3.8) is 0 Å². The first kappa shape index (κ1) is 32.5. The fourth-order valence-electron chi connectivity index (χ4n) is 5.71. The lowest BCUT2D eigenvalue weighted by atomic mass is 9.91. The molecule has 0 saturated heterocycles. The van der Waals surface area contributed by atoms with Crippen LogP contribution in [-0.4, -0.2) is 0 Å². The van der Waals surface area contributed by atoms with Gasteiger partial charge < -0.3 is 0 Å². The van der Waals surface area contributed by atoms with Crippen molar-refractivity contribution in [1.82, 2.24) is 0 Å². The number of hydrogen-bond donors (Lipinski definition) is 0. The Morgan fingerprint density at radius 3 is 1.80 bits per heavy atom. The Kier molecular flexibility index (Phi) is 11.3. The maximum atomic E-state index is 2.36. The van der Waals surface area contributed by atoms with Gasteiger partial charge in [0, 0.05) is 0 Å². The Morgan fingerprint density at radius 1 is 0.614 bits per heavy atom. The summed E-state index contributed by atoms with van der Waals surface area (Å²) in [6, 6.07) is 34.0. The summed E-state index contributed by atoms with van der Waals surface area (Å²) in [5.41, 5.74) is 11.6. The lowest BCUT2D eigenvalue weighted by Gasteiger charge is -2.14. The van der Waals surface area contributed by atoms with Crippen LogP contribution in [0.15, 0.2) is 133 Å². The first-order valence-electron chi connectivity index (χ1n) is 16.4. The van der Waals surface area contributed by atoms with E-state index in [1.807, 2.05) is 27.7 Å². The maximum Gasteiger partial charge on any atom is -0.000710 e. The van der Waals surface area contributed by atoms with E-state index in [-0.39, 0.29) is 0 Å². The molecule has 0 nitrogen and oxygen atoms in total.